The molecule has 0 radical (unpaired) electrons. The van der Waals surface area contributed by atoms with E-state index in [0.717, 1.165) is 43.2 Å². The molecule has 5 nitrogen and oxygen atoms in total. The second-order valence-corrected chi connectivity index (χ2v) is 7.10. The van der Waals surface area contributed by atoms with Gasteiger partial charge >= 0.3 is 0 Å². The molecule has 2 N–H and O–H groups in total. The van der Waals surface area contributed by atoms with Gasteiger partial charge < -0.3 is 20.3 Å². The van der Waals surface area contributed by atoms with Gasteiger partial charge in [-0.2, -0.15) is 0 Å². The van der Waals surface area contributed by atoms with Gasteiger partial charge in [0.15, 0.2) is 5.96 Å². The number of benzene rings is 1. The van der Waals surface area contributed by atoms with Crippen molar-refractivity contribution in [3.8, 4) is 5.75 Å². The summed E-state index contributed by atoms with van der Waals surface area (Å²) >= 11 is 6.06. The molecule has 140 valence electrons. The molecule has 6 heteroatoms. The third kappa shape index (κ3) is 6.08. The Morgan fingerprint density at radius 2 is 2.08 bits per heavy atom. The van der Waals surface area contributed by atoms with Gasteiger partial charge in [0, 0.05) is 49.4 Å². The summed E-state index contributed by atoms with van der Waals surface area (Å²) in [6, 6.07) is 6.84. The lowest BCUT2D eigenvalue weighted by molar-refractivity contribution is 0.167. The van der Waals surface area contributed by atoms with Crippen molar-refractivity contribution in [3.05, 3.63) is 28.8 Å². The smallest absolute Gasteiger partial charge is 0.191 e. The van der Waals surface area contributed by atoms with Crippen LogP contribution in [0.2, 0.25) is 5.02 Å². The van der Waals surface area contributed by atoms with Gasteiger partial charge in [0.25, 0.3) is 0 Å². The van der Waals surface area contributed by atoms with Crippen LogP contribution in [0.1, 0.15) is 39.2 Å². The molecule has 1 heterocycles. The van der Waals surface area contributed by atoms with E-state index in [2.05, 4.69) is 34.4 Å². The summed E-state index contributed by atoms with van der Waals surface area (Å²) in [5, 5.41) is 7.62. The molecule has 0 bridgehead atoms. The number of guanidine groups is 1. The van der Waals surface area contributed by atoms with Crippen LogP contribution in [0, 0.1) is 0 Å². The van der Waals surface area contributed by atoms with Gasteiger partial charge in [0.05, 0.1) is 6.61 Å². The molecule has 1 saturated heterocycles. The van der Waals surface area contributed by atoms with Gasteiger partial charge in [-0.15, -0.1) is 0 Å². The second-order valence-electron chi connectivity index (χ2n) is 6.66. The van der Waals surface area contributed by atoms with Crippen molar-refractivity contribution in [1.82, 2.24) is 15.5 Å². The van der Waals surface area contributed by atoms with Gasteiger partial charge in [-0.05, 0) is 45.7 Å². The van der Waals surface area contributed by atoms with E-state index in [4.69, 9.17) is 16.3 Å². The number of hydrogen-bond acceptors (Lipinski definition) is 3. The Labute approximate surface area is 156 Å². The van der Waals surface area contributed by atoms with E-state index < -0.39 is 0 Å². The molecule has 0 amide bonds. The Kier molecular flexibility index (Phi) is 7.85. The molecule has 1 aromatic rings. The Morgan fingerprint density at radius 1 is 1.36 bits per heavy atom. The van der Waals surface area contributed by atoms with E-state index in [1.54, 1.807) is 0 Å². The number of nitrogens with one attached hydrogen (secondary N) is 2. The minimum absolute atomic E-state index is 0.470. The molecule has 0 spiro atoms. The predicted molar refractivity (Wildman–Crippen MR) is 106 cm³/mol. The topological polar surface area (TPSA) is 48.9 Å². The van der Waals surface area contributed by atoms with E-state index in [1.165, 1.54) is 0 Å². The molecular formula is C19H31ClN4O. The standard InChI is InChI=1S/C19H31ClN4O/c1-5-25-18-12-16(20)7-6-15(18)13-22-19(21-4)23-17-8-10-24(11-9-17)14(2)3/h6-7,12,14,17H,5,8-11,13H2,1-4H3,(H2,21,22,23). The monoisotopic (exact) mass is 366 g/mol. The molecule has 0 unspecified atom stereocenters. The number of likely N-dealkylation sites (tertiary alicyclic amines) is 1. The third-order valence-electron chi connectivity index (χ3n) is 4.60. The lowest BCUT2D eigenvalue weighted by Gasteiger charge is -2.35. The summed E-state index contributed by atoms with van der Waals surface area (Å²) in [6.07, 6.45) is 2.29. The third-order valence-corrected chi connectivity index (χ3v) is 4.83. The summed E-state index contributed by atoms with van der Waals surface area (Å²) < 4.78 is 5.68. The molecule has 25 heavy (non-hydrogen) atoms. The molecular weight excluding hydrogens is 336 g/mol. The fourth-order valence-corrected chi connectivity index (χ4v) is 3.25. The number of nitrogens with zero attached hydrogens (tertiary/aromatic N) is 2. The lowest BCUT2D eigenvalue weighted by Crippen LogP contribution is -2.49. The SMILES string of the molecule is CCOc1cc(Cl)ccc1CNC(=NC)NC1CCN(C(C)C)CC1. The Hall–Kier alpha value is -1.46. The van der Waals surface area contributed by atoms with Crippen LogP contribution in [0.4, 0.5) is 0 Å². The second kappa shape index (κ2) is 9.88. The van der Waals surface area contributed by atoms with Gasteiger partial charge in [-0.1, -0.05) is 17.7 Å². The zero-order valence-corrected chi connectivity index (χ0v) is 16.6. The summed E-state index contributed by atoms with van der Waals surface area (Å²) in [5.41, 5.74) is 1.07. The van der Waals surface area contributed by atoms with E-state index in [-0.39, 0.29) is 0 Å². The van der Waals surface area contributed by atoms with Crippen LogP contribution >= 0.6 is 11.6 Å². The molecule has 0 saturated carbocycles. The molecule has 0 aromatic heterocycles. The lowest BCUT2D eigenvalue weighted by atomic mass is 10.0. The zero-order chi connectivity index (χ0) is 18.2. The van der Waals surface area contributed by atoms with E-state index in [0.29, 0.717) is 30.3 Å². The highest BCUT2D eigenvalue weighted by molar-refractivity contribution is 6.30. The fourth-order valence-electron chi connectivity index (χ4n) is 3.09. The molecule has 1 aromatic carbocycles. The first kappa shape index (κ1) is 19.9. The number of rotatable bonds is 6. The molecule has 0 atom stereocenters. The van der Waals surface area contributed by atoms with Crippen LogP contribution < -0.4 is 15.4 Å². The molecule has 1 fully saturated rings. The quantitative estimate of drug-likeness (QED) is 0.599. The number of ether oxygens (including phenoxy) is 1. The normalized spacial score (nSPS) is 17.0. The van der Waals surface area contributed by atoms with Gasteiger partial charge in [0.2, 0.25) is 0 Å². The van der Waals surface area contributed by atoms with Crippen molar-refractivity contribution in [1.29, 1.82) is 0 Å². The largest absolute Gasteiger partial charge is 0.493 e. The highest BCUT2D eigenvalue weighted by atomic mass is 35.5. The van der Waals surface area contributed by atoms with Crippen molar-refractivity contribution in [2.45, 2.75) is 52.2 Å². The van der Waals surface area contributed by atoms with Crippen LogP contribution in [0.25, 0.3) is 0 Å². The van der Waals surface area contributed by atoms with Gasteiger partial charge in [-0.25, -0.2) is 0 Å². The minimum Gasteiger partial charge on any atom is -0.493 e. The first-order chi connectivity index (χ1) is 12.0. The Bertz CT molecular complexity index is 569. The summed E-state index contributed by atoms with van der Waals surface area (Å²) in [6.45, 7) is 10.0. The Balaban J connectivity index is 1.87. The first-order valence-electron chi connectivity index (χ1n) is 9.16. The summed E-state index contributed by atoms with van der Waals surface area (Å²) in [5.74, 6) is 1.66. The highest BCUT2D eigenvalue weighted by Crippen LogP contribution is 2.23. The average molecular weight is 367 g/mol. The van der Waals surface area contributed by atoms with E-state index in [9.17, 15) is 0 Å². The van der Waals surface area contributed by atoms with Crippen molar-refractivity contribution >= 4 is 17.6 Å². The zero-order valence-electron chi connectivity index (χ0n) is 15.8. The Morgan fingerprint density at radius 3 is 2.68 bits per heavy atom. The molecule has 1 aliphatic rings. The van der Waals surface area contributed by atoms with Crippen LogP contribution in [-0.4, -0.2) is 49.7 Å². The van der Waals surface area contributed by atoms with Gasteiger partial charge in [-0.3, -0.25) is 4.99 Å². The number of piperidine rings is 1. The van der Waals surface area contributed by atoms with Crippen molar-refractivity contribution in [2.75, 3.05) is 26.7 Å². The van der Waals surface area contributed by atoms with Crippen molar-refractivity contribution in [2.24, 2.45) is 4.99 Å². The molecule has 2 rings (SSSR count). The van der Waals surface area contributed by atoms with Crippen molar-refractivity contribution < 1.29 is 4.74 Å². The summed E-state index contributed by atoms with van der Waals surface area (Å²) in [7, 11) is 1.81. The number of aliphatic imine (C=N–C) groups is 1. The maximum atomic E-state index is 6.06. The number of hydrogen-bond donors (Lipinski definition) is 2. The fraction of sp³-hybridized carbons (Fsp3) is 0.632. The van der Waals surface area contributed by atoms with E-state index >= 15 is 0 Å². The summed E-state index contributed by atoms with van der Waals surface area (Å²) in [4.78, 5) is 6.88. The first-order valence-corrected chi connectivity index (χ1v) is 9.53. The van der Waals surface area contributed by atoms with Gasteiger partial charge in [0.1, 0.15) is 5.75 Å². The van der Waals surface area contributed by atoms with Crippen LogP contribution in [-0.2, 0) is 6.54 Å². The van der Waals surface area contributed by atoms with Crippen LogP contribution in [0.15, 0.2) is 23.2 Å². The molecule has 0 aliphatic carbocycles. The molecule has 1 aliphatic heterocycles. The van der Waals surface area contributed by atoms with E-state index in [1.807, 2.05) is 32.2 Å². The maximum absolute atomic E-state index is 6.06. The number of halogens is 1. The minimum atomic E-state index is 0.470. The highest BCUT2D eigenvalue weighted by Gasteiger charge is 2.21. The van der Waals surface area contributed by atoms with Crippen molar-refractivity contribution in [3.63, 3.8) is 0 Å². The predicted octanol–water partition coefficient (Wildman–Crippen LogP) is 3.28. The van der Waals surface area contributed by atoms with Crippen LogP contribution in [0.3, 0.4) is 0 Å². The maximum Gasteiger partial charge on any atom is 0.191 e. The average Bonchev–Trinajstić information content (AvgIpc) is 2.60. The van der Waals surface area contributed by atoms with Crippen LogP contribution in [0.5, 0.6) is 5.75 Å².